The van der Waals surface area contributed by atoms with E-state index in [-0.39, 0.29) is 6.10 Å². The Kier molecular flexibility index (Phi) is 18.3. The molecular weight excluding hydrogens is 294 g/mol. The van der Waals surface area contributed by atoms with E-state index in [9.17, 15) is 5.11 Å². The van der Waals surface area contributed by atoms with Crippen LogP contribution < -0.4 is 0 Å². The van der Waals surface area contributed by atoms with Crippen molar-refractivity contribution in [3.8, 4) is 0 Å². The number of unbranched alkanes of at least 4 members (excludes halogenated alkanes) is 10. The Labute approximate surface area is 152 Å². The molecule has 2 heteroatoms. The van der Waals surface area contributed by atoms with Gasteiger partial charge in [-0.25, -0.2) is 0 Å². The standard InChI is InChI=1S/C22H43NO/c1-4-5-6-7-8-9-10-11-12-13-14-15-16-17-18-19-20-22(24)21-23(2)3/h8-11,22,24H,4-7,12-21H2,1-3H3/b9-8-,11-10+. The van der Waals surface area contributed by atoms with Crippen LogP contribution in [0.5, 0.6) is 0 Å². The van der Waals surface area contributed by atoms with Gasteiger partial charge in [0.1, 0.15) is 0 Å². The van der Waals surface area contributed by atoms with Crippen LogP contribution >= 0.6 is 0 Å². The third-order valence-electron chi connectivity index (χ3n) is 4.34. The van der Waals surface area contributed by atoms with Gasteiger partial charge in [0, 0.05) is 6.54 Å². The number of allylic oxidation sites excluding steroid dienone is 4. The lowest BCUT2D eigenvalue weighted by Gasteiger charge is -2.15. The Morgan fingerprint density at radius 1 is 0.750 bits per heavy atom. The van der Waals surface area contributed by atoms with Crippen LogP contribution in [0.15, 0.2) is 24.3 Å². The van der Waals surface area contributed by atoms with Gasteiger partial charge in [-0.1, -0.05) is 82.6 Å². The molecule has 0 rings (SSSR count). The van der Waals surface area contributed by atoms with Gasteiger partial charge in [0.05, 0.1) is 6.10 Å². The van der Waals surface area contributed by atoms with Gasteiger partial charge < -0.3 is 10.0 Å². The molecule has 0 aliphatic heterocycles. The number of hydrogen-bond donors (Lipinski definition) is 1. The van der Waals surface area contributed by atoms with Crippen LogP contribution in [0.3, 0.4) is 0 Å². The zero-order chi connectivity index (χ0) is 17.9. The Morgan fingerprint density at radius 3 is 1.79 bits per heavy atom. The van der Waals surface area contributed by atoms with E-state index in [2.05, 4.69) is 36.1 Å². The van der Waals surface area contributed by atoms with Crippen molar-refractivity contribution in [3.63, 3.8) is 0 Å². The third kappa shape index (κ3) is 19.4. The molecule has 0 bridgehead atoms. The Balaban J connectivity index is 3.22. The topological polar surface area (TPSA) is 23.5 Å². The summed E-state index contributed by atoms with van der Waals surface area (Å²) in [6.45, 7) is 3.04. The number of rotatable bonds is 17. The lowest BCUT2D eigenvalue weighted by Crippen LogP contribution is -2.25. The van der Waals surface area contributed by atoms with Gasteiger partial charge in [-0.2, -0.15) is 0 Å². The number of likely N-dealkylation sites (N-methyl/N-ethyl adjacent to an activating group) is 1. The van der Waals surface area contributed by atoms with E-state index < -0.39 is 0 Å². The van der Waals surface area contributed by atoms with E-state index in [1.54, 1.807) is 0 Å². The first-order valence-corrected chi connectivity index (χ1v) is 10.3. The van der Waals surface area contributed by atoms with Crippen LogP contribution in [0.25, 0.3) is 0 Å². The first kappa shape index (κ1) is 23.4. The molecule has 0 aromatic rings. The van der Waals surface area contributed by atoms with E-state index in [0.717, 1.165) is 13.0 Å². The minimum absolute atomic E-state index is 0.146. The second-order valence-corrected chi connectivity index (χ2v) is 7.32. The molecule has 142 valence electrons. The molecule has 0 saturated carbocycles. The van der Waals surface area contributed by atoms with Crippen molar-refractivity contribution in [2.24, 2.45) is 0 Å². The molecule has 0 radical (unpaired) electrons. The van der Waals surface area contributed by atoms with Crippen molar-refractivity contribution in [3.05, 3.63) is 24.3 Å². The van der Waals surface area contributed by atoms with Crippen LogP contribution in [-0.4, -0.2) is 36.8 Å². The molecule has 1 unspecified atom stereocenters. The molecule has 0 aliphatic carbocycles. The van der Waals surface area contributed by atoms with Crippen LogP contribution in [0.1, 0.15) is 90.4 Å². The van der Waals surface area contributed by atoms with Crippen molar-refractivity contribution >= 4 is 0 Å². The minimum atomic E-state index is -0.146. The highest BCUT2D eigenvalue weighted by atomic mass is 16.3. The molecule has 0 heterocycles. The minimum Gasteiger partial charge on any atom is -0.392 e. The van der Waals surface area contributed by atoms with E-state index >= 15 is 0 Å². The predicted octanol–water partition coefficient (Wildman–Crippen LogP) is 6.11. The first-order valence-electron chi connectivity index (χ1n) is 10.3. The average Bonchev–Trinajstić information content (AvgIpc) is 2.53. The van der Waals surface area contributed by atoms with E-state index in [4.69, 9.17) is 0 Å². The van der Waals surface area contributed by atoms with Gasteiger partial charge in [0.25, 0.3) is 0 Å². The molecular formula is C22H43NO. The fraction of sp³-hybridized carbons (Fsp3) is 0.818. The van der Waals surface area contributed by atoms with Crippen molar-refractivity contribution in [1.82, 2.24) is 4.90 Å². The van der Waals surface area contributed by atoms with Gasteiger partial charge in [-0.15, -0.1) is 0 Å². The number of nitrogens with zero attached hydrogens (tertiary/aromatic N) is 1. The molecule has 0 spiro atoms. The molecule has 0 aromatic carbocycles. The highest BCUT2D eigenvalue weighted by Gasteiger charge is 2.04. The second kappa shape index (κ2) is 18.7. The van der Waals surface area contributed by atoms with Crippen LogP contribution in [0.4, 0.5) is 0 Å². The number of hydrogen-bond acceptors (Lipinski definition) is 2. The summed E-state index contributed by atoms with van der Waals surface area (Å²) in [5, 5.41) is 9.78. The van der Waals surface area contributed by atoms with Gasteiger partial charge in [-0.05, 0) is 46.2 Å². The number of aliphatic hydroxyl groups is 1. The van der Waals surface area contributed by atoms with Crippen LogP contribution in [0.2, 0.25) is 0 Å². The van der Waals surface area contributed by atoms with Crippen molar-refractivity contribution in [2.45, 2.75) is 96.5 Å². The van der Waals surface area contributed by atoms with Crippen LogP contribution in [-0.2, 0) is 0 Å². The monoisotopic (exact) mass is 337 g/mol. The highest BCUT2D eigenvalue weighted by Crippen LogP contribution is 2.11. The maximum Gasteiger partial charge on any atom is 0.0666 e. The average molecular weight is 338 g/mol. The zero-order valence-corrected chi connectivity index (χ0v) is 16.7. The molecule has 0 fully saturated rings. The molecule has 0 aliphatic rings. The van der Waals surface area contributed by atoms with Gasteiger partial charge >= 0.3 is 0 Å². The lowest BCUT2D eigenvalue weighted by atomic mass is 10.1. The summed E-state index contributed by atoms with van der Waals surface area (Å²) in [4.78, 5) is 2.06. The van der Waals surface area contributed by atoms with Gasteiger partial charge in [-0.3, -0.25) is 0 Å². The predicted molar refractivity (Wildman–Crippen MR) is 109 cm³/mol. The molecule has 0 amide bonds. The molecule has 1 atom stereocenters. The summed E-state index contributed by atoms with van der Waals surface area (Å²) in [7, 11) is 4.03. The molecule has 0 saturated heterocycles. The fourth-order valence-corrected chi connectivity index (χ4v) is 2.90. The maximum absolute atomic E-state index is 9.78. The van der Waals surface area contributed by atoms with Gasteiger partial charge in [0.15, 0.2) is 0 Å². The fourth-order valence-electron chi connectivity index (χ4n) is 2.90. The molecule has 2 nitrogen and oxygen atoms in total. The Hall–Kier alpha value is -0.600. The smallest absolute Gasteiger partial charge is 0.0666 e. The number of aliphatic hydroxyl groups excluding tert-OH is 1. The molecule has 1 N–H and O–H groups in total. The van der Waals surface area contributed by atoms with E-state index in [1.165, 1.54) is 77.0 Å². The van der Waals surface area contributed by atoms with Crippen molar-refractivity contribution in [2.75, 3.05) is 20.6 Å². The lowest BCUT2D eigenvalue weighted by molar-refractivity contribution is 0.125. The Morgan fingerprint density at radius 2 is 1.25 bits per heavy atom. The molecule has 0 aromatic heterocycles. The molecule has 24 heavy (non-hydrogen) atoms. The summed E-state index contributed by atoms with van der Waals surface area (Å²) >= 11 is 0. The highest BCUT2D eigenvalue weighted by molar-refractivity contribution is 5.02. The summed E-state index contributed by atoms with van der Waals surface area (Å²) in [5.41, 5.74) is 0. The van der Waals surface area contributed by atoms with E-state index in [0.29, 0.717) is 0 Å². The summed E-state index contributed by atoms with van der Waals surface area (Å²) < 4.78 is 0. The van der Waals surface area contributed by atoms with Crippen LogP contribution in [0, 0.1) is 0 Å². The largest absolute Gasteiger partial charge is 0.392 e. The summed E-state index contributed by atoms with van der Waals surface area (Å²) in [6.07, 6.45) is 25.4. The normalized spacial score (nSPS) is 13.5. The summed E-state index contributed by atoms with van der Waals surface area (Å²) in [5.74, 6) is 0. The summed E-state index contributed by atoms with van der Waals surface area (Å²) in [6, 6.07) is 0. The zero-order valence-electron chi connectivity index (χ0n) is 16.7. The van der Waals surface area contributed by atoms with Crippen molar-refractivity contribution in [1.29, 1.82) is 0 Å². The maximum atomic E-state index is 9.78. The SMILES string of the molecule is CCCCC/C=C\C=C\CCCCCCCCCC(O)CN(C)C. The first-order chi connectivity index (χ1) is 11.7. The van der Waals surface area contributed by atoms with Crippen molar-refractivity contribution < 1.29 is 5.11 Å². The third-order valence-corrected chi connectivity index (χ3v) is 4.34. The quantitative estimate of drug-likeness (QED) is 0.255. The second-order valence-electron chi connectivity index (χ2n) is 7.32. The van der Waals surface area contributed by atoms with Gasteiger partial charge in [0.2, 0.25) is 0 Å². The van der Waals surface area contributed by atoms with E-state index in [1.807, 2.05) is 14.1 Å². The Bertz CT molecular complexity index is 296.